The third-order valence-corrected chi connectivity index (χ3v) is 19.1. The van der Waals surface area contributed by atoms with E-state index in [1.54, 1.807) is 25.3 Å². The molecule has 4 amide bonds. The van der Waals surface area contributed by atoms with E-state index in [9.17, 15) is 49.2 Å². The van der Waals surface area contributed by atoms with Gasteiger partial charge in [0.25, 0.3) is 0 Å². The van der Waals surface area contributed by atoms with Crippen molar-refractivity contribution in [2.24, 2.45) is 39.7 Å². The highest BCUT2D eigenvalue weighted by atomic mass is 79.9. The van der Waals surface area contributed by atoms with Crippen LogP contribution in [-0.4, -0.2) is 166 Å². The SMILES string of the molecule is CN(CCN(C)C(=O)O[C@H]1C[C@@]2(C)[C@@H](C[C@H]3O[C@@H](c4ccc(CC56CC(N)(C5)C6)cc4)O[C@]32C(=O)CO)[C@@H]2CCC3=CC(=O)C=C[C@]3(C)[C@H]21)C(=O)OCc1ccc(O[C@@H]2OC[C@@H](O)[C@H](O)[C@H]2O)c(NC(=O)CCNC(=O)CBr)c1. The average Bonchev–Trinajstić information content (AvgIpc) is 4.04. The van der Waals surface area contributed by atoms with Crippen molar-refractivity contribution in [1.82, 2.24) is 15.1 Å². The lowest BCUT2D eigenvalue weighted by molar-refractivity contribution is -0.241. The van der Waals surface area contributed by atoms with E-state index in [0.717, 1.165) is 36.8 Å². The zero-order valence-corrected chi connectivity index (χ0v) is 46.5. The highest BCUT2D eigenvalue weighted by molar-refractivity contribution is 9.09. The van der Waals surface area contributed by atoms with Gasteiger partial charge in [-0.25, -0.2) is 9.59 Å². The number of ketones is 2. The second kappa shape index (κ2) is 21.9. The van der Waals surface area contributed by atoms with Gasteiger partial charge in [0.1, 0.15) is 43.4 Å². The van der Waals surface area contributed by atoms with E-state index in [1.165, 1.54) is 34.5 Å². The number of ether oxygens (including phenoxy) is 6. The van der Waals surface area contributed by atoms with E-state index in [0.29, 0.717) is 24.8 Å². The number of hydrogen-bond acceptors (Lipinski definition) is 17. The molecule has 6 saturated carbocycles. The molecule has 2 aliphatic heterocycles. The first-order valence-electron chi connectivity index (χ1n) is 27.2. The molecule has 9 aliphatic rings. The third-order valence-electron chi connectivity index (χ3n) is 18.6. The van der Waals surface area contributed by atoms with Gasteiger partial charge in [0.15, 0.2) is 23.5 Å². The number of allylic oxidation sites excluding steroid dienone is 4. The predicted octanol–water partition coefficient (Wildman–Crippen LogP) is 3.72. The monoisotopic (exact) mass is 1160 g/mol. The smallest absolute Gasteiger partial charge is 0.409 e. The van der Waals surface area contributed by atoms with Crippen molar-refractivity contribution in [3.63, 3.8) is 0 Å². The van der Waals surface area contributed by atoms with Gasteiger partial charge in [-0.2, -0.15) is 0 Å². The van der Waals surface area contributed by atoms with Crippen LogP contribution in [-0.2, 0) is 55.9 Å². The molecular formula is C57H72BrN5O16. The Labute approximate surface area is 466 Å². The van der Waals surface area contributed by atoms with Crippen LogP contribution in [0.4, 0.5) is 15.3 Å². The van der Waals surface area contributed by atoms with Crippen LogP contribution in [0.3, 0.4) is 0 Å². The molecule has 7 aliphatic carbocycles. The average molecular weight is 1160 g/mol. The molecule has 79 heavy (non-hydrogen) atoms. The Morgan fingerprint density at radius 2 is 1.65 bits per heavy atom. The Hall–Kier alpha value is -5.30. The molecule has 13 atom stereocenters. The molecule has 0 radical (unpaired) electrons. The molecule has 21 nitrogen and oxygen atoms in total. The topological polar surface area (TPSA) is 295 Å². The highest BCUT2D eigenvalue weighted by Crippen LogP contribution is 2.71. The highest BCUT2D eigenvalue weighted by Gasteiger charge is 2.76. The zero-order valence-electron chi connectivity index (χ0n) is 44.9. The third kappa shape index (κ3) is 10.5. The van der Waals surface area contributed by atoms with E-state index in [4.69, 9.17) is 34.2 Å². The number of likely N-dealkylation sites (N-methyl/N-ethyl adjacent to an activating group) is 2. The Kier molecular flexibility index (Phi) is 15.8. The van der Waals surface area contributed by atoms with Crippen LogP contribution >= 0.6 is 15.9 Å². The van der Waals surface area contributed by atoms with Gasteiger partial charge in [0.2, 0.25) is 18.1 Å². The fourth-order valence-electron chi connectivity index (χ4n) is 14.8. The number of fused-ring (bicyclic) bond motifs is 7. The lowest BCUT2D eigenvalue weighted by Crippen LogP contribution is -2.72. The summed E-state index contributed by atoms with van der Waals surface area (Å²) in [5.74, 6) is -1.90. The number of aliphatic hydroxyl groups is 4. The molecule has 22 heteroatoms. The van der Waals surface area contributed by atoms with Gasteiger partial charge in [-0.05, 0) is 104 Å². The summed E-state index contributed by atoms with van der Waals surface area (Å²) in [5, 5.41) is 46.7. The molecule has 0 unspecified atom stereocenters. The lowest BCUT2D eigenvalue weighted by atomic mass is 9.38. The second-order valence-electron chi connectivity index (χ2n) is 23.9. The first kappa shape index (κ1) is 57.0. The Morgan fingerprint density at radius 3 is 2.34 bits per heavy atom. The van der Waals surface area contributed by atoms with Gasteiger partial charge >= 0.3 is 12.2 Å². The van der Waals surface area contributed by atoms with Crippen molar-refractivity contribution in [2.45, 2.75) is 132 Å². The molecule has 428 valence electrons. The lowest BCUT2D eigenvalue weighted by Gasteiger charge is -2.69. The Balaban J connectivity index is 0.806. The summed E-state index contributed by atoms with van der Waals surface area (Å²) in [6.45, 7) is 2.82. The fourth-order valence-corrected chi connectivity index (χ4v) is 15.0. The molecule has 0 aromatic heterocycles. The quantitative estimate of drug-likeness (QED) is 0.105. The van der Waals surface area contributed by atoms with E-state index in [-0.39, 0.29) is 103 Å². The minimum atomic E-state index is -1.63. The van der Waals surface area contributed by atoms with Crippen LogP contribution in [0, 0.1) is 34.0 Å². The number of carbonyl (C=O) groups excluding carboxylic acids is 6. The van der Waals surface area contributed by atoms with Crippen LogP contribution in [0.15, 0.2) is 66.3 Å². The summed E-state index contributed by atoms with van der Waals surface area (Å²) >= 11 is 3.05. The van der Waals surface area contributed by atoms with Crippen molar-refractivity contribution < 1.29 is 77.6 Å². The van der Waals surface area contributed by atoms with Gasteiger partial charge in [0, 0.05) is 68.0 Å². The number of rotatable bonds is 18. The van der Waals surface area contributed by atoms with Crippen molar-refractivity contribution in [3.05, 3.63) is 83.0 Å². The number of nitrogens with one attached hydrogen (secondary N) is 2. The maximum absolute atomic E-state index is 14.5. The second-order valence-corrected chi connectivity index (χ2v) is 24.4. The molecule has 2 aromatic rings. The molecular weight excluding hydrogens is 1090 g/mol. The largest absolute Gasteiger partial charge is 0.460 e. The normalized spacial score (nSPS) is 36.4. The van der Waals surface area contributed by atoms with E-state index < -0.39 is 90.0 Å². The summed E-state index contributed by atoms with van der Waals surface area (Å²) < 4.78 is 37.2. The number of halogens is 1. The number of benzene rings is 2. The van der Waals surface area contributed by atoms with E-state index in [2.05, 4.69) is 45.6 Å². The van der Waals surface area contributed by atoms with Gasteiger partial charge in [-0.1, -0.05) is 71.8 Å². The van der Waals surface area contributed by atoms with E-state index >= 15 is 0 Å². The summed E-state index contributed by atoms with van der Waals surface area (Å²) in [5.41, 5.74) is 6.91. The number of anilines is 1. The number of nitrogens with zero attached hydrogens (tertiary/aromatic N) is 2. The number of aliphatic hydroxyl groups excluding tert-OH is 4. The van der Waals surface area contributed by atoms with Gasteiger partial charge in [0.05, 0.1) is 23.7 Å². The van der Waals surface area contributed by atoms with Crippen molar-refractivity contribution in [2.75, 3.05) is 57.6 Å². The maximum Gasteiger partial charge on any atom is 0.409 e. The fraction of sp³-hybridized carbons (Fsp3) is 0.614. The Morgan fingerprint density at radius 1 is 0.937 bits per heavy atom. The van der Waals surface area contributed by atoms with Crippen LogP contribution < -0.4 is 21.1 Å². The standard InChI is InChI=1S/C57H72BrN5O16/c1-53-15-13-35(65)20-34(53)10-11-36-37-21-43-57(42(67)25-64,79-49(78-43)33-8-5-31(6-9-33)22-55-28-56(59,29-55)30-55)54(37,2)23-41(46(36)53)77-52(73)63(4)18-17-62(3)51(72)75-26-32-7-12-40(76-50-48(71)47(70)39(66)27-74-50)38(19-32)61-44(68)14-16-60-45(69)24-58/h5-9,12-13,15,19-20,36-37,39,41,43,46-50,64,66,70-71H,10-11,14,16-18,21-30,59H2,1-4H3,(H,60,69)(H,61,68)/t36-,37-,39+,41-,43+,46+,47-,48+,49+,50-,53-,54-,55?,56?,57+/m0/s1. The van der Waals surface area contributed by atoms with E-state index in [1.807, 2.05) is 25.1 Å². The zero-order chi connectivity index (χ0) is 56.4. The first-order valence-corrected chi connectivity index (χ1v) is 28.3. The molecule has 2 heterocycles. The molecule has 8 fully saturated rings. The molecule has 8 N–H and O–H groups in total. The van der Waals surface area contributed by atoms with Crippen LogP contribution in [0.2, 0.25) is 0 Å². The first-order chi connectivity index (χ1) is 37.5. The number of Topliss-reactive ketones (excluding diaryl/α,β-unsaturated/α-hetero) is 1. The van der Waals surface area contributed by atoms with Crippen LogP contribution in [0.25, 0.3) is 0 Å². The molecule has 2 saturated heterocycles. The number of nitrogens with two attached hydrogens (primary N) is 1. The number of alkyl halides is 1. The molecule has 2 aromatic carbocycles. The number of amides is 4. The minimum absolute atomic E-state index is 0.0134. The Bertz CT molecular complexity index is 2780. The van der Waals surface area contributed by atoms with Gasteiger partial charge < -0.3 is 75.0 Å². The summed E-state index contributed by atoms with van der Waals surface area (Å²) in [4.78, 5) is 82.4. The van der Waals surface area contributed by atoms with Crippen molar-refractivity contribution >= 4 is 57.2 Å². The van der Waals surface area contributed by atoms with Crippen LogP contribution in [0.5, 0.6) is 5.75 Å². The molecule has 2 bridgehead atoms. The summed E-state index contributed by atoms with van der Waals surface area (Å²) in [6.07, 6.45) is 1.47. The number of hydrogen-bond donors (Lipinski definition) is 7. The predicted molar refractivity (Wildman–Crippen MR) is 285 cm³/mol. The molecule has 11 rings (SSSR count). The minimum Gasteiger partial charge on any atom is -0.460 e. The summed E-state index contributed by atoms with van der Waals surface area (Å²) in [7, 11) is 3.07. The summed E-state index contributed by atoms with van der Waals surface area (Å²) in [6, 6.07) is 12.6. The maximum atomic E-state index is 14.5. The van der Waals surface area contributed by atoms with Gasteiger partial charge in [-0.3, -0.25) is 19.2 Å². The van der Waals surface area contributed by atoms with Crippen LogP contribution in [0.1, 0.15) is 88.2 Å². The van der Waals surface area contributed by atoms with Gasteiger partial charge in [-0.15, -0.1) is 0 Å². The number of carbonyl (C=O) groups is 6. The molecule has 0 spiro atoms. The van der Waals surface area contributed by atoms with Crippen molar-refractivity contribution in [1.29, 1.82) is 0 Å². The van der Waals surface area contributed by atoms with Crippen molar-refractivity contribution in [3.8, 4) is 5.75 Å².